The van der Waals surface area contributed by atoms with Crippen molar-refractivity contribution in [1.82, 2.24) is 15.2 Å². The van der Waals surface area contributed by atoms with Crippen LogP contribution in [0, 0.1) is 9.39 Å². The van der Waals surface area contributed by atoms with Crippen LogP contribution >= 0.6 is 34.4 Å². The molecule has 3 N–H and O–H groups in total. The van der Waals surface area contributed by atoms with Crippen molar-refractivity contribution in [2.75, 3.05) is 5.73 Å². The molecule has 1 aromatic heterocycles. The van der Waals surface area contributed by atoms with E-state index in [1.807, 2.05) is 22.6 Å². The Balaban J connectivity index is 2.33. The van der Waals surface area contributed by atoms with Crippen LogP contribution in [0.1, 0.15) is 0 Å². The lowest BCUT2D eigenvalue weighted by molar-refractivity contribution is 0.617. The summed E-state index contributed by atoms with van der Waals surface area (Å²) in [6, 6.07) is 2.99. The number of hydrogen-bond acceptors (Lipinski definition) is 4. The Morgan fingerprint density at radius 2 is 2.27 bits per heavy atom. The number of nitrogens with one attached hydrogen (secondary N) is 1. The van der Waals surface area contributed by atoms with Gasteiger partial charge in [0.25, 0.3) is 0 Å². The molecule has 0 aliphatic rings. The first-order chi connectivity index (χ1) is 7.16. The van der Waals surface area contributed by atoms with E-state index in [2.05, 4.69) is 15.2 Å². The monoisotopic (exact) mass is 336 g/mol. The van der Waals surface area contributed by atoms with Crippen molar-refractivity contribution in [1.29, 1.82) is 0 Å². The lowest BCUT2D eigenvalue weighted by atomic mass is 10.3. The van der Waals surface area contributed by atoms with E-state index < -0.39 is 0 Å². The lowest BCUT2D eigenvalue weighted by Crippen LogP contribution is -1.93. The second kappa shape index (κ2) is 4.35. The molecule has 0 unspecified atom stereocenters. The van der Waals surface area contributed by atoms with Gasteiger partial charge in [-0.3, -0.25) is 5.10 Å². The molecule has 7 heteroatoms. The van der Waals surface area contributed by atoms with Gasteiger partial charge in [-0.05, 0) is 46.5 Å². The average Bonchev–Trinajstić information content (AvgIpc) is 2.67. The Bertz CT molecular complexity index is 474. The van der Waals surface area contributed by atoms with E-state index >= 15 is 0 Å². The molecular formula is C8H6FIN4S. The van der Waals surface area contributed by atoms with Crippen molar-refractivity contribution in [3.63, 3.8) is 0 Å². The molecule has 0 amide bonds. The smallest absolute Gasteiger partial charge is 0.188 e. The van der Waals surface area contributed by atoms with Crippen molar-refractivity contribution in [3.8, 4) is 0 Å². The molecule has 1 aromatic carbocycles. The Morgan fingerprint density at radius 3 is 2.93 bits per heavy atom. The summed E-state index contributed by atoms with van der Waals surface area (Å²) in [5, 5.41) is 6.95. The van der Waals surface area contributed by atoms with Crippen molar-refractivity contribution >= 4 is 40.0 Å². The molecule has 2 rings (SSSR count). The minimum absolute atomic E-state index is 0.285. The van der Waals surface area contributed by atoms with Gasteiger partial charge in [0.1, 0.15) is 12.1 Å². The number of hydrogen-bond donors (Lipinski definition) is 2. The van der Waals surface area contributed by atoms with E-state index in [9.17, 15) is 4.39 Å². The van der Waals surface area contributed by atoms with E-state index in [-0.39, 0.29) is 5.82 Å². The van der Waals surface area contributed by atoms with Gasteiger partial charge >= 0.3 is 0 Å². The fourth-order valence-electron chi connectivity index (χ4n) is 0.980. The third kappa shape index (κ3) is 2.40. The summed E-state index contributed by atoms with van der Waals surface area (Å²) in [5.41, 5.74) is 6.28. The number of aromatic nitrogens is 3. The average molecular weight is 336 g/mol. The van der Waals surface area contributed by atoms with Gasteiger partial charge in [-0.1, -0.05) is 0 Å². The highest BCUT2D eigenvalue weighted by atomic mass is 127. The van der Waals surface area contributed by atoms with Crippen LogP contribution in [0.5, 0.6) is 0 Å². The normalized spacial score (nSPS) is 10.5. The van der Waals surface area contributed by atoms with Crippen LogP contribution in [-0.2, 0) is 0 Å². The largest absolute Gasteiger partial charge is 0.398 e. The Morgan fingerprint density at radius 1 is 1.47 bits per heavy atom. The maximum absolute atomic E-state index is 13.3. The molecule has 4 nitrogen and oxygen atoms in total. The zero-order chi connectivity index (χ0) is 10.8. The Hall–Kier alpha value is -0.830. The summed E-state index contributed by atoms with van der Waals surface area (Å²) >= 11 is 3.14. The number of halogens is 2. The number of benzene rings is 1. The van der Waals surface area contributed by atoms with E-state index in [0.717, 1.165) is 0 Å². The first kappa shape index (κ1) is 10.7. The van der Waals surface area contributed by atoms with Crippen LogP contribution in [0.25, 0.3) is 0 Å². The third-order valence-corrected chi connectivity index (χ3v) is 3.44. The topological polar surface area (TPSA) is 67.6 Å². The predicted molar refractivity (Wildman–Crippen MR) is 64.0 cm³/mol. The van der Waals surface area contributed by atoms with Crippen LogP contribution in [0.3, 0.4) is 0 Å². The molecule has 0 aliphatic carbocycles. The van der Waals surface area contributed by atoms with Crippen molar-refractivity contribution in [2.45, 2.75) is 10.1 Å². The van der Waals surface area contributed by atoms with E-state index in [1.165, 1.54) is 24.2 Å². The maximum atomic E-state index is 13.3. The zero-order valence-corrected chi connectivity index (χ0v) is 10.3. The standard InChI is InChI=1S/C8H6FIN4S/c9-4-1-7(6(11)2-5(4)10)15-8-12-3-13-14-8/h1-3H,11H2,(H,12,13,14). The highest BCUT2D eigenvalue weighted by Crippen LogP contribution is 2.31. The molecule has 0 bridgehead atoms. The lowest BCUT2D eigenvalue weighted by Gasteiger charge is -2.04. The molecule has 0 radical (unpaired) electrons. The van der Waals surface area contributed by atoms with Crippen LogP contribution in [0.15, 0.2) is 28.5 Å². The second-order valence-electron chi connectivity index (χ2n) is 2.70. The quantitative estimate of drug-likeness (QED) is 0.652. The summed E-state index contributed by atoms with van der Waals surface area (Å²) in [7, 11) is 0. The zero-order valence-electron chi connectivity index (χ0n) is 7.37. The van der Waals surface area contributed by atoms with Crippen molar-refractivity contribution in [3.05, 3.63) is 27.8 Å². The maximum Gasteiger partial charge on any atom is 0.188 e. The number of nitrogens with zero attached hydrogens (tertiary/aromatic N) is 2. The molecule has 0 spiro atoms. The van der Waals surface area contributed by atoms with E-state index in [0.29, 0.717) is 19.3 Å². The fraction of sp³-hybridized carbons (Fsp3) is 0. The molecule has 0 saturated carbocycles. The molecule has 0 atom stereocenters. The Labute approximate surface area is 103 Å². The number of H-pyrrole nitrogens is 1. The van der Waals surface area contributed by atoms with Crippen LogP contribution in [0.4, 0.5) is 10.1 Å². The SMILES string of the molecule is Nc1cc(I)c(F)cc1Sc1ncn[nH]1. The first-order valence-corrected chi connectivity index (χ1v) is 5.84. The number of rotatable bonds is 2. The Kier molecular flexibility index (Phi) is 3.10. The summed E-state index contributed by atoms with van der Waals surface area (Å²) in [4.78, 5) is 4.55. The van der Waals surface area contributed by atoms with Gasteiger partial charge in [-0.25, -0.2) is 9.37 Å². The molecule has 0 saturated heterocycles. The van der Waals surface area contributed by atoms with Gasteiger partial charge in [0, 0.05) is 10.6 Å². The third-order valence-electron chi connectivity index (χ3n) is 1.65. The number of aromatic amines is 1. The minimum atomic E-state index is -0.285. The van der Waals surface area contributed by atoms with E-state index in [1.54, 1.807) is 6.07 Å². The van der Waals surface area contributed by atoms with Crippen molar-refractivity contribution in [2.24, 2.45) is 0 Å². The second-order valence-corrected chi connectivity index (χ2v) is 4.89. The number of nitrogen functional groups attached to an aromatic ring is 1. The molecule has 0 fully saturated rings. The van der Waals surface area contributed by atoms with E-state index in [4.69, 9.17) is 5.73 Å². The van der Waals surface area contributed by atoms with Gasteiger partial charge in [0.15, 0.2) is 5.16 Å². The molecule has 78 valence electrons. The van der Waals surface area contributed by atoms with Gasteiger partial charge in [0.05, 0.1) is 3.57 Å². The molecule has 1 heterocycles. The summed E-state index contributed by atoms with van der Waals surface area (Å²) in [5.74, 6) is -0.285. The minimum Gasteiger partial charge on any atom is -0.398 e. The van der Waals surface area contributed by atoms with Gasteiger partial charge in [0.2, 0.25) is 0 Å². The fourth-order valence-corrected chi connectivity index (χ4v) is 2.22. The molecular weight excluding hydrogens is 330 g/mol. The van der Waals surface area contributed by atoms with Gasteiger partial charge in [-0.15, -0.1) is 0 Å². The highest BCUT2D eigenvalue weighted by molar-refractivity contribution is 14.1. The van der Waals surface area contributed by atoms with Gasteiger partial charge in [-0.2, -0.15) is 5.10 Å². The van der Waals surface area contributed by atoms with Gasteiger partial charge < -0.3 is 5.73 Å². The number of nitrogens with two attached hydrogens (primary N) is 1. The predicted octanol–water partition coefficient (Wildman–Crippen LogP) is 2.28. The summed E-state index contributed by atoms with van der Waals surface area (Å²) in [6.45, 7) is 0. The number of anilines is 1. The molecule has 2 aromatic rings. The molecule has 0 aliphatic heterocycles. The first-order valence-electron chi connectivity index (χ1n) is 3.94. The van der Waals surface area contributed by atoms with Crippen LogP contribution in [0.2, 0.25) is 0 Å². The summed E-state index contributed by atoms with van der Waals surface area (Å²) in [6.07, 6.45) is 1.39. The van der Waals surface area contributed by atoms with Crippen molar-refractivity contribution < 1.29 is 4.39 Å². The summed E-state index contributed by atoms with van der Waals surface area (Å²) < 4.78 is 13.8. The molecule has 15 heavy (non-hydrogen) atoms. The van der Waals surface area contributed by atoms with Crippen LogP contribution in [-0.4, -0.2) is 15.2 Å². The van der Waals surface area contributed by atoms with Crippen LogP contribution < -0.4 is 5.73 Å². The highest BCUT2D eigenvalue weighted by Gasteiger charge is 2.08.